The molecule has 3 heteroatoms. The zero-order chi connectivity index (χ0) is 10.1. The third-order valence-electron chi connectivity index (χ3n) is 3.66. The van der Waals surface area contributed by atoms with E-state index in [1.165, 1.54) is 7.11 Å². The molecule has 0 aliphatic heterocycles. The summed E-state index contributed by atoms with van der Waals surface area (Å²) in [4.78, 5) is 22.6. The Bertz CT molecular complexity index is 259. The predicted molar refractivity (Wildman–Crippen MR) is 50.6 cm³/mol. The Kier molecular flexibility index (Phi) is 2.57. The van der Waals surface area contributed by atoms with Gasteiger partial charge in [-0.1, -0.05) is 0 Å². The molecule has 2 aliphatic carbocycles. The molecular formula is C11H16O3. The van der Waals surface area contributed by atoms with Crippen molar-refractivity contribution in [2.75, 3.05) is 7.11 Å². The molecule has 0 amide bonds. The molecule has 0 aromatic carbocycles. The molecule has 0 heterocycles. The lowest BCUT2D eigenvalue weighted by Gasteiger charge is -2.23. The highest BCUT2D eigenvalue weighted by atomic mass is 16.5. The van der Waals surface area contributed by atoms with Gasteiger partial charge in [0, 0.05) is 12.8 Å². The number of esters is 1. The van der Waals surface area contributed by atoms with E-state index in [0.29, 0.717) is 24.0 Å². The smallest absolute Gasteiger partial charge is 0.308 e. The summed E-state index contributed by atoms with van der Waals surface area (Å²) >= 11 is 0. The summed E-state index contributed by atoms with van der Waals surface area (Å²) in [7, 11) is 1.44. The maximum Gasteiger partial charge on any atom is 0.308 e. The van der Waals surface area contributed by atoms with Gasteiger partial charge in [-0.3, -0.25) is 9.59 Å². The maximum atomic E-state index is 11.3. The molecule has 0 spiro atoms. The quantitative estimate of drug-likeness (QED) is 0.598. The van der Waals surface area contributed by atoms with Crippen LogP contribution in [0, 0.1) is 17.8 Å². The second kappa shape index (κ2) is 3.71. The van der Waals surface area contributed by atoms with Gasteiger partial charge < -0.3 is 4.74 Å². The number of fused-ring (bicyclic) bond motifs is 1. The van der Waals surface area contributed by atoms with E-state index >= 15 is 0 Å². The fourth-order valence-electron chi connectivity index (χ4n) is 2.92. The summed E-state index contributed by atoms with van der Waals surface area (Å²) in [5.74, 6) is 1.39. The Hall–Kier alpha value is -0.860. The SMILES string of the molecule is COC(=O)[C@@H]1C[C@H]2CCC(=O)C[C@@H]2C1. The van der Waals surface area contributed by atoms with Crippen LogP contribution in [0.3, 0.4) is 0 Å². The lowest BCUT2D eigenvalue weighted by atomic mass is 9.81. The zero-order valence-corrected chi connectivity index (χ0v) is 8.49. The molecule has 0 bridgehead atoms. The first kappa shape index (κ1) is 9.69. The molecule has 2 rings (SSSR count). The molecule has 2 fully saturated rings. The fraction of sp³-hybridized carbons (Fsp3) is 0.818. The first-order valence-electron chi connectivity index (χ1n) is 5.30. The topological polar surface area (TPSA) is 43.4 Å². The molecule has 2 saturated carbocycles. The minimum Gasteiger partial charge on any atom is -0.469 e. The van der Waals surface area contributed by atoms with Gasteiger partial charge >= 0.3 is 5.97 Å². The van der Waals surface area contributed by atoms with Gasteiger partial charge in [0.25, 0.3) is 0 Å². The lowest BCUT2D eigenvalue weighted by molar-refractivity contribution is -0.145. The zero-order valence-electron chi connectivity index (χ0n) is 8.49. The van der Waals surface area contributed by atoms with Crippen LogP contribution in [0.4, 0.5) is 0 Å². The minimum atomic E-state index is -0.0909. The second-order valence-electron chi connectivity index (χ2n) is 4.49. The van der Waals surface area contributed by atoms with Gasteiger partial charge in [-0.25, -0.2) is 0 Å². The van der Waals surface area contributed by atoms with Crippen molar-refractivity contribution in [1.82, 2.24) is 0 Å². The van der Waals surface area contributed by atoms with Crippen LogP contribution >= 0.6 is 0 Å². The Morgan fingerprint density at radius 2 is 2.07 bits per heavy atom. The Balaban J connectivity index is 1.98. The molecule has 0 saturated heterocycles. The van der Waals surface area contributed by atoms with E-state index < -0.39 is 0 Å². The molecule has 0 aromatic heterocycles. The molecule has 0 N–H and O–H groups in total. The van der Waals surface area contributed by atoms with Crippen molar-refractivity contribution in [2.24, 2.45) is 17.8 Å². The molecule has 78 valence electrons. The van der Waals surface area contributed by atoms with E-state index in [0.717, 1.165) is 25.7 Å². The van der Waals surface area contributed by atoms with Gasteiger partial charge in [0.1, 0.15) is 5.78 Å². The number of hydrogen-bond donors (Lipinski definition) is 0. The summed E-state index contributed by atoms with van der Waals surface area (Å²) in [5, 5.41) is 0. The van der Waals surface area contributed by atoms with Crippen LogP contribution in [0.15, 0.2) is 0 Å². The predicted octanol–water partition coefficient (Wildman–Crippen LogP) is 1.55. The van der Waals surface area contributed by atoms with Gasteiger partial charge in [0.2, 0.25) is 0 Å². The maximum absolute atomic E-state index is 11.3. The van der Waals surface area contributed by atoms with Crippen molar-refractivity contribution in [3.8, 4) is 0 Å². The van der Waals surface area contributed by atoms with E-state index in [-0.39, 0.29) is 11.9 Å². The van der Waals surface area contributed by atoms with Gasteiger partial charge in [0.05, 0.1) is 13.0 Å². The van der Waals surface area contributed by atoms with E-state index in [9.17, 15) is 9.59 Å². The lowest BCUT2D eigenvalue weighted by Crippen LogP contribution is -2.20. The standard InChI is InChI=1S/C11H16O3/c1-14-11(13)9-4-7-2-3-10(12)6-8(7)5-9/h7-9H,2-6H2,1H3/t7-,8+,9-/m1/s1. The third-order valence-corrected chi connectivity index (χ3v) is 3.66. The second-order valence-corrected chi connectivity index (χ2v) is 4.49. The fourth-order valence-corrected chi connectivity index (χ4v) is 2.92. The third kappa shape index (κ3) is 1.68. The molecule has 0 aromatic rings. The highest BCUT2D eigenvalue weighted by molar-refractivity contribution is 5.80. The van der Waals surface area contributed by atoms with Crippen molar-refractivity contribution in [2.45, 2.75) is 32.1 Å². The first-order valence-corrected chi connectivity index (χ1v) is 5.30. The van der Waals surface area contributed by atoms with Gasteiger partial charge in [-0.2, -0.15) is 0 Å². The number of ether oxygens (including phenoxy) is 1. The van der Waals surface area contributed by atoms with Crippen LogP contribution in [-0.2, 0) is 14.3 Å². The van der Waals surface area contributed by atoms with Crippen molar-refractivity contribution >= 4 is 11.8 Å². The van der Waals surface area contributed by atoms with E-state index in [1.54, 1.807) is 0 Å². The van der Waals surface area contributed by atoms with Crippen molar-refractivity contribution in [3.05, 3.63) is 0 Å². The molecular weight excluding hydrogens is 180 g/mol. The molecule has 3 atom stereocenters. The molecule has 0 radical (unpaired) electrons. The van der Waals surface area contributed by atoms with Gasteiger partial charge in [-0.15, -0.1) is 0 Å². The van der Waals surface area contributed by atoms with Crippen LogP contribution in [0.2, 0.25) is 0 Å². The van der Waals surface area contributed by atoms with Crippen molar-refractivity contribution < 1.29 is 14.3 Å². The average molecular weight is 196 g/mol. The van der Waals surface area contributed by atoms with E-state index in [1.807, 2.05) is 0 Å². The average Bonchev–Trinajstić information content (AvgIpc) is 2.59. The summed E-state index contributed by atoms with van der Waals surface area (Å²) in [6.45, 7) is 0. The summed E-state index contributed by atoms with van der Waals surface area (Å²) in [6.07, 6.45) is 4.19. The van der Waals surface area contributed by atoms with Crippen molar-refractivity contribution in [3.63, 3.8) is 0 Å². The summed E-state index contributed by atoms with van der Waals surface area (Å²) in [6, 6.07) is 0. The van der Waals surface area contributed by atoms with Gasteiger partial charge in [-0.05, 0) is 31.1 Å². The number of ketones is 1. The Morgan fingerprint density at radius 1 is 1.36 bits per heavy atom. The Morgan fingerprint density at radius 3 is 2.79 bits per heavy atom. The normalized spacial score (nSPS) is 36.6. The number of methoxy groups -OCH3 is 1. The first-order chi connectivity index (χ1) is 6.70. The number of carbonyl (C=O) groups is 2. The van der Waals surface area contributed by atoms with Gasteiger partial charge in [0.15, 0.2) is 0 Å². The van der Waals surface area contributed by atoms with Crippen LogP contribution in [0.1, 0.15) is 32.1 Å². The number of Topliss-reactive ketones (excluding diaryl/α,β-unsaturated/α-hetero) is 1. The van der Waals surface area contributed by atoms with Crippen LogP contribution in [0.25, 0.3) is 0 Å². The Labute approximate surface area is 83.8 Å². The van der Waals surface area contributed by atoms with Crippen LogP contribution < -0.4 is 0 Å². The van der Waals surface area contributed by atoms with E-state index in [4.69, 9.17) is 4.74 Å². The molecule has 2 aliphatic rings. The minimum absolute atomic E-state index is 0.0564. The largest absolute Gasteiger partial charge is 0.469 e. The number of carbonyl (C=O) groups excluding carboxylic acids is 2. The highest BCUT2D eigenvalue weighted by Crippen LogP contribution is 2.44. The van der Waals surface area contributed by atoms with Crippen molar-refractivity contribution in [1.29, 1.82) is 0 Å². The number of rotatable bonds is 1. The number of hydrogen-bond acceptors (Lipinski definition) is 3. The molecule has 0 unspecified atom stereocenters. The molecule has 3 nitrogen and oxygen atoms in total. The highest BCUT2D eigenvalue weighted by Gasteiger charge is 2.41. The monoisotopic (exact) mass is 196 g/mol. The summed E-state index contributed by atoms with van der Waals surface area (Å²) in [5.41, 5.74) is 0. The van der Waals surface area contributed by atoms with Crippen LogP contribution in [0.5, 0.6) is 0 Å². The van der Waals surface area contributed by atoms with Crippen LogP contribution in [-0.4, -0.2) is 18.9 Å². The summed E-state index contributed by atoms with van der Waals surface area (Å²) < 4.78 is 4.74. The molecule has 14 heavy (non-hydrogen) atoms. The van der Waals surface area contributed by atoms with E-state index in [2.05, 4.69) is 0 Å².